The monoisotopic (exact) mass is 359 g/mol. The summed E-state index contributed by atoms with van der Waals surface area (Å²) in [5.41, 5.74) is 2.91. The molecule has 6 heteroatoms. The zero-order chi connectivity index (χ0) is 14.9. The summed E-state index contributed by atoms with van der Waals surface area (Å²) >= 11 is 9.68. The summed E-state index contributed by atoms with van der Waals surface area (Å²) in [4.78, 5) is 0. The molecule has 3 nitrogen and oxygen atoms in total. The zero-order valence-electron chi connectivity index (χ0n) is 11.5. The van der Waals surface area contributed by atoms with Crippen molar-refractivity contribution in [1.29, 1.82) is 0 Å². The third-order valence-corrected chi connectivity index (χ3v) is 4.52. The van der Waals surface area contributed by atoms with Crippen LogP contribution in [0.2, 0.25) is 5.15 Å². The highest BCUT2D eigenvalue weighted by molar-refractivity contribution is 9.10. The van der Waals surface area contributed by atoms with Gasteiger partial charge in [0.05, 0.1) is 5.69 Å². The van der Waals surface area contributed by atoms with Crippen LogP contribution in [0, 0.1) is 12.7 Å². The third-order valence-electron chi connectivity index (χ3n) is 3.36. The van der Waals surface area contributed by atoms with E-state index in [9.17, 15) is 4.39 Å². The fourth-order valence-corrected chi connectivity index (χ4v) is 3.14. The van der Waals surface area contributed by atoms with E-state index in [2.05, 4.69) is 26.3 Å². The number of halogens is 3. The van der Waals surface area contributed by atoms with Crippen molar-refractivity contribution in [1.82, 2.24) is 15.1 Å². The lowest BCUT2D eigenvalue weighted by atomic mass is 9.99. The highest BCUT2D eigenvalue weighted by Gasteiger charge is 2.19. The van der Waals surface area contributed by atoms with Gasteiger partial charge < -0.3 is 5.32 Å². The molecular weight excluding hydrogens is 345 g/mol. The van der Waals surface area contributed by atoms with Gasteiger partial charge in [0.1, 0.15) is 11.0 Å². The molecule has 1 unspecified atom stereocenters. The lowest BCUT2D eigenvalue weighted by molar-refractivity contribution is 0.581. The molecule has 0 spiro atoms. The molecular formula is C14H16BrClFN3. The Morgan fingerprint density at radius 2 is 2.20 bits per heavy atom. The van der Waals surface area contributed by atoms with Crippen molar-refractivity contribution >= 4 is 27.5 Å². The lowest BCUT2D eigenvalue weighted by Crippen LogP contribution is -2.19. The summed E-state index contributed by atoms with van der Waals surface area (Å²) in [7, 11) is 3.70. The first-order chi connectivity index (χ1) is 9.43. The number of aryl methyl sites for hydroxylation is 2. The molecule has 1 heterocycles. The van der Waals surface area contributed by atoms with Crippen molar-refractivity contribution in [2.75, 3.05) is 7.05 Å². The van der Waals surface area contributed by atoms with Crippen molar-refractivity contribution in [3.8, 4) is 0 Å². The first-order valence-electron chi connectivity index (χ1n) is 6.24. The summed E-state index contributed by atoms with van der Waals surface area (Å²) < 4.78 is 15.6. The molecule has 20 heavy (non-hydrogen) atoms. The van der Waals surface area contributed by atoms with Gasteiger partial charge in [-0.05, 0) is 38.1 Å². The van der Waals surface area contributed by atoms with E-state index in [0.717, 1.165) is 21.3 Å². The summed E-state index contributed by atoms with van der Waals surface area (Å²) in [6, 6.07) is 4.74. The van der Waals surface area contributed by atoms with Gasteiger partial charge >= 0.3 is 0 Å². The van der Waals surface area contributed by atoms with Crippen molar-refractivity contribution in [2.24, 2.45) is 7.05 Å². The van der Waals surface area contributed by atoms with Crippen LogP contribution in [-0.4, -0.2) is 16.8 Å². The Morgan fingerprint density at radius 1 is 1.50 bits per heavy atom. The number of hydrogen-bond acceptors (Lipinski definition) is 2. The van der Waals surface area contributed by atoms with Crippen LogP contribution in [0.1, 0.15) is 22.9 Å². The second kappa shape index (κ2) is 6.24. The number of rotatable bonds is 4. The molecule has 0 amide bonds. The van der Waals surface area contributed by atoms with Crippen molar-refractivity contribution in [3.05, 3.63) is 50.5 Å². The van der Waals surface area contributed by atoms with Crippen LogP contribution in [0.4, 0.5) is 4.39 Å². The maximum atomic E-state index is 13.2. The van der Waals surface area contributed by atoms with Crippen LogP contribution in [-0.2, 0) is 13.5 Å². The van der Waals surface area contributed by atoms with Crippen LogP contribution in [0.3, 0.4) is 0 Å². The number of likely N-dealkylation sites (N-methyl/N-ethyl adjacent to an activating group) is 1. The average Bonchev–Trinajstić information content (AvgIpc) is 2.62. The Hall–Kier alpha value is -0.910. The average molecular weight is 361 g/mol. The number of aromatic nitrogens is 2. The van der Waals surface area contributed by atoms with Gasteiger partial charge in [-0.25, -0.2) is 4.39 Å². The SMILES string of the molecule is CNC(Cc1c(C)nn(C)c1Cl)c1ccc(F)cc1Br. The van der Waals surface area contributed by atoms with Gasteiger partial charge in [-0.15, -0.1) is 0 Å². The Morgan fingerprint density at radius 3 is 2.70 bits per heavy atom. The number of nitrogens with one attached hydrogen (secondary N) is 1. The molecule has 1 atom stereocenters. The molecule has 0 aliphatic heterocycles. The number of hydrogen-bond donors (Lipinski definition) is 1. The molecule has 0 saturated heterocycles. The Kier molecular flexibility index (Phi) is 4.83. The minimum Gasteiger partial charge on any atom is -0.313 e. The van der Waals surface area contributed by atoms with Crippen LogP contribution >= 0.6 is 27.5 Å². The Labute approximate surface area is 131 Å². The minimum atomic E-state index is -0.258. The molecule has 1 aromatic carbocycles. The smallest absolute Gasteiger partial charge is 0.130 e. The first-order valence-corrected chi connectivity index (χ1v) is 7.41. The predicted octanol–water partition coefficient (Wildman–Crippen LogP) is 3.79. The van der Waals surface area contributed by atoms with Crippen molar-refractivity contribution in [3.63, 3.8) is 0 Å². The van der Waals surface area contributed by atoms with E-state index in [1.807, 2.05) is 21.0 Å². The molecule has 0 bridgehead atoms. The van der Waals surface area contributed by atoms with E-state index in [-0.39, 0.29) is 11.9 Å². The molecule has 0 fully saturated rings. The molecule has 108 valence electrons. The lowest BCUT2D eigenvalue weighted by Gasteiger charge is -2.18. The molecule has 2 rings (SSSR count). The van der Waals surface area contributed by atoms with Gasteiger partial charge in [-0.3, -0.25) is 4.68 Å². The van der Waals surface area contributed by atoms with Crippen LogP contribution in [0.15, 0.2) is 22.7 Å². The van der Waals surface area contributed by atoms with E-state index >= 15 is 0 Å². The second-order valence-electron chi connectivity index (χ2n) is 4.69. The van der Waals surface area contributed by atoms with Gasteiger partial charge in [0, 0.05) is 23.1 Å². The Balaban J connectivity index is 2.33. The maximum Gasteiger partial charge on any atom is 0.130 e. The quantitative estimate of drug-likeness (QED) is 0.899. The summed E-state index contributed by atoms with van der Waals surface area (Å²) in [5.74, 6) is -0.258. The van der Waals surface area contributed by atoms with Crippen LogP contribution in [0.25, 0.3) is 0 Å². The number of benzene rings is 1. The topological polar surface area (TPSA) is 29.9 Å². The van der Waals surface area contributed by atoms with E-state index in [4.69, 9.17) is 11.6 Å². The van der Waals surface area contributed by atoms with E-state index < -0.39 is 0 Å². The molecule has 0 radical (unpaired) electrons. The van der Waals surface area contributed by atoms with E-state index in [0.29, 0.717) is 11.6 Å². The van der Waals surface area contributed by atoms with E-state index in [1.165, 1.54) is 12.1 Å². The highest BCUT2D eigenvalue weighted by Crippen LogP contribution is 2.30. The molecule has 0 saturated carbocycles. The molecule has 0 aliphatic carbocycles. The molecule has 0 aliphatic rings. The normalized spacial score (nSPS) is 12.7. The van der Waals surface area contributed by atoms with Gasteiger partial charge in [0.25, 0.3) is 0 Å². The molecule has 2 aromatic rings. The van der Waals surface area contributed by atoms with Gasteiger partial charge in [-0.2, -0.15) is 5.10 Å². The highest BCUT2D eigenvalue weighted by atomic mass is 79.9. The largest absolute Gasteiger partial charge is 0.313 e. The second-order valence-corrected chi connectivity index (χ2v) is 5.90. The molecule has 1 aromatic heterocycles. The van der Waals surface area contributed by atoms with E-state index in [1.54, 1.807) is 10.7 Å². The Bertz CT molecular complexity index is 627. The van der Waals surface area contributed by atoms with Crippen molar-refractivity contribution < 1.29 is 4.39 Å². The van der Waals surface area contributed by atoms with Crippen LogP contribution < -0.4 is 5.32 Å². The fraction of sp³-hybridized carbons (Fsp3) is 0.357. The zero-order valence-corrected chi connectivity index (χ0v) is 13.9. The molecule has 1 N–H and O–H groups in total. The summed E-state index contributed by atoms with van der Waals surface area (Å²) in [6.45, 7) is 1.94. The standard InChI is InChI=1S/C14H16BrClFN3/c1-8-11(14(16)20(3)19-8)7-13(18-2)10-5-4-9(17)6-12(10)15/h4-6,13,18H,7H2,1-3H3. The number of nitrogens with zero attached hydrogens (tertiary/aromatic N) is 2. The first kappa shape index (κ1) is 15.5. The maximum absolute atomic E-state index is 13.2. The van der Waals surface area contributed by atoms with Crippen molar-refractivity contribution in [2.45, 2.75) is 19.4 Å². The summed E-state index contributed by atoms with van der Waals surface area (Å²) in [5, 5.41) is 8.20. The van der Waals surface area contributed by atoms with Gasteiger partial charge in [0.15, 0.2) is 0 Å². The fourth-order valence-electron chi connectivity index (χ4n) is 2.26. The van der Waals surface area contributed by atoms with Gasteiger partial charge in [-0.1, -0.05) is 33.6 Å². The summed E-state index contributed by atoms with van der Waals surface area (Å²) in [6.07, 6.45) is 0.694. The minimum absolute atomic E-state index is 0.0328. The van der Waals surface area contributed by atoms with Crippen LogP contribution in [0.5, 0.6) is 0 Å². The third kappa shape index (κ3) is 3.05. The predicted molar refractivity (Wildman–Crippen MR) is 82.6 cm³/mol. The van der Waals surface area contributed by atoms with Gasteiger partial charge in [0.2, 0.25) is 0 Å².